The van der Waals surface area contributed by atoms with Crippen molar-refractivity contribution in [1.82, 2.24) is 0 Å². The third-order valence-corrected chi connectivity index (χ3v) is 2.58. The van der Waals surface area contributed by atoms with Gasteiger partial charge in [0.05, 0.1) is 18.8 Å². The molecule has 0 fully saturated rings. The molecule has 0 aliphatic carbocycles. The minimum absolute atomic E-state index is 0.241. The molecule has 0 amide bonds. The Morgan fingerprint density at radius 1 is 1.37 bits per heavy atom. The first-order valence-electron chi connectivity index (χ1n) is 5.74. The lowest BCUT2D eigenvalue weighted by atomic mass is 10.1. The Labute approximate surface area is 111 Å². The van der Waals surface area contributed by atoms with Crippen LogP contribution >= 0.6 is 7.82 Å². The van der Waals surface area contributed by atoms with Crippen molar-refractivity contribution in [2.45, 2.75) is 20.5 Å². The van der Waals surface area contributed by atoms with E-state index in [1.807, 2.05) is 13.8 Å². The molecular weight excluding hydrogens is 271 g/mol. The predicted octanol–water partition coefficient (Wildman–Crippen LogP) is 2.11. The summed E-state index contributed by atoms with van der Waals surface area (Å²) in [6, 6.07) is 6.27. The molecule has 0 heterocycles. The molecule has 0 spiro atoms. The van der Waals surface area contributed by atoms with E-state index in [9.17, 15) is 9.36 Å². The smallest absolute Gasteiger partial charge is 0.462 e. The molecule has 7 heteroatoms. The number of phosphoric ester groups is 1. The van der Waals surface area contributed by atoms with Crippen LogP contribution in [0.15, 0.2) is 24.3 Å². The van der Waals surface area contributed by atoms with Gasteiger partial charge in [-0.2, -0.15) is 0 Å². The number of rotatable bonds is 6. The van der Waals surface area contributed by atoms with Crippen LogP contribution < -0.4 is 0 Å². The van der Waals surface area contributed by atoms with Crippen LogP contribution in [0, 0.1) is 5.92 Å². The molecule has 0 saturated heterocycles. The molecule has 106 valence electrons. The predicted molar refractivity (Wildman–Crippen MR) is 68.4 cm³/mol. The van der Waals surface area contributed by atoms with Crippen molar-refractivity contribution in [3.8, 4) is 0 Å². The number of hydrogen-bond acceptors (Lipinski definition) is 4. The lowest BCUT2D eigenvalue weighted by Gasteiger charge is -2.09. The zero-order valence-corrected chi connectivity index (χ0v) is 11.7. The number of phosphoric acid groups is 1. The Hall–Kier alpha value is -1.20. The standard InChI is InChI=1S/C12H17O6P/c1-9(2)7-17-12(13)11-5-3-4-10(6-11)8-18-19(14,15)16/h3-6,9H,7-8H2,1-2H3,(H2,14,15,16). The fourth-order valence-corrected chi connectivity index (χ4v) is 1.59. The van der Waals surface area contributed by atoms with Crippen molar-refractivity contribution in [2.75, 3.05) is 6.61 Å². The molecule has 0 atom stereocenters. The average molecular weight is 288 g/mol. The summed E-state index contributed by atoms with van der Waals surface area (Å²) in [5, 5.41) is 0. The van der Waals surface area contributed by atoms with E-state index < -0.39 is 13.8 Å². The van der Waals surface area contributed by atoms with Crippen LogP contribution in [0.25, 0.3) is 0 Å². The van der Waals surface area contributed by atoms with Gasteiger partial charge in [0.1, 0.15) is 0 Å². The normalized spacial score (nSPS) is 11.6. The van der Waals surface area contributed by atoms with Gasteiger partial charge in [0.15, 0.2) is 0 Å². The second kappa shape index (κ2) is 6.82. The van der Waals surface area contributed by atoms with Gasteiger partial charge in [0.25, 0.3) is 0 Å². The Morgan fingerprint density at radius 3 is 2.63 bits per heavy atom. The van der Waals surface area contributed by atoms with E-state index >= 15 is 0 Å². The maximum atomic E-state index is 11.7. The van der Waals surface area contributed by atoms with Gasteiger partial charge >= 0.3 is 13.8 Å². The second-order valence-electron chi connectivity index (χ2n) is 4.46. The monoisotopic (exact) mass is 288 g/mol. The van der Waals surface area contributed by atoms with E-state index in [1.54, 1.807) is 18.2 Å². The number of carbonyl (C=O) groups is 1. The number of hydrogen-bond donors (Lipinski definition) is 2. The van der Waals surface area contributed by atoms with Crippen molar-refractivity contribution < 1.29 is 28.4 Å². The molecule has 0 unspecified atom stereocenters. The van der Waals surface area contributed by atoms with Gasteiger partial charge in [-0.05, 0) is 23.6 Å². The van der Waals surface area contributed by atoms with Gasteiger partial charge < -0.3 is 14.5 Å². The van der Waals surface area contributed by atoms with E-state index in [0.717, 1.165) is 0 Å². The quantitative estimate of drug-likeness (QED) is 0.615. The second-order valence-corrected chi connectivity index (χ2v) is 5.70. The molecule has 1 aromatic carbocycles. The summed E-state index contributed by atoms with van der Waals surface area (Å²) in [5.41, 5.74) is 0.815. The number of ether oxygens (including phenoxy) is 1. The fraction of sp³-hybridized carbons (Fsp3) is 0.417. The summed E-state index contributed by atoms with van der Waals surface area (Å²) in [7, 11) is -4.51. The van der Waals surface area contributed by atoms with E-state index in [0.29, 0.717) is 17.7 Å². The summed E-state index contributed by atoms with van der Waals surface area (Å²) in [5.74, 6) is -0.225. The Balaban J connectivity index is 2.66. The summed E-state index contributed by atoms with van der Waals surface area (Å²) in [6.45, 7) is 3.91. The molecule has 0 bridgehead atoms. The van der Waals surface area contributed by atoms with Crippen molar-refractivity contribution in [2.24, 2.45) is 5.92 Å². The highest BCUT2D eigenvalue weighted by atomic mass is 31.2. The first-order chi connectivity index (χ1) is 8.78. The number of esters is 1. The highest BCUT2D eigenvalue weighted by Gasteiger charge is 2.14. The van der Waals surface area contributed by atoms with Crippen molar-refractivity contribution >= 4 is 13.8 Å². The highest BCUT2D eigenvalue weighted by molar-refractivity contribution is 7.46. The van der Waals surface area contributed by atoms with E-state index in [1.165, 1.54) is 6.07 Å². The topological polar surface area (TPSA) is 93.1 Å². The summed E-state index contributed by atoms with van der Waals surface area (Å²) >= 11 is 0. The molecule has 1 rings (SSSR count). The van der Waals surface area contributed by atoms with Crippen LogP contribution in [0.4, 0.5) is 0 Å². The fourth-order valence-electron chi connectivity index (χ4n) is 1.27. The van der Waals surface area contributed by atoms with Gasteiger partial charge in [-0.25, -0.2) is 9.36 Å². The Morgan fingerprint density at radius 2 is 2.05 bits per heavy atom. The van der Waals surface area contributed by atoms with Crippen LogP contribution in [0.5, 0.6) is 0 Å². The molecule has 0 aliphatic heterocycles. The van der Waals surface area contributed by atoms with Gasteiger partial charge in [-0.3, -0.25) is 4.52 Å². The molecule has 19 heavy (non-hydrogen) atoms. The molecule has 0 radical (unpaired) electrons. The van der Waals surface area contributed by atoms with E-state index in [-0.39, 0.29) is 12.5 Å². The number of carbonyl (C=O) groups excluding carboxylic acids is 1. The number of benzene rings is 1. The first-order valence-corrected chi connectivity index (χ1v) is 7.27. The molecule has 0 saturated carbocycles. The molecule has 0 aliphatic rings. The molecule has 1 aromatic rings. The molecular formula is C12H17O6P. The molecule has 6 nitrogen and oxygen atoms in total. The molecule has 2 N–H and O–H groups in total. The van der Waals surface area contributed by atoms with Crippen LogP contribution in [0.2, 0.25) is 0 Å². The lowest BCUT2D eigenvalue weighted by molar-refractivity contribution is 0.0459. The minimum atomic E-state index is -4.51. The zero-order valence-electron chi connectivity index (χ0n) is 10.8. The van der Waals surface area contributed by atoms with Crippen LogP contribution in [0.3, 0.4) is 0 Å². The Bertz CT molecular complexity index is 479. The van der Waals surface area contributed by atoms with Crippen molar-refractivity contribution in [1.29, 1.82) is 0 Å². The first kappa shape index (κ1) is 15.9. The van der Waals surface area contributed by atoms with Gasteiger partial charge in [-0.1, -0.05) is 26.0 Å². The van der Waals surface area contributed by atoms with Gasteiger partial charge in [0.2, 0.25) is 0 Å². The van der Waals surface area contributed by atoms with Crippen LogP contribution in [-0.4, -0.2) is 22.4 Å². The molecule has 0 aromatic heterocycles. The summed E-state index contributed by atoms with van der Waals surface area (Å²) in [6.07, 6.45) is 0. The lowest BCUT2D eigenvalue weighted by Crippen LogP contribution is -2.10. The zero-order chi connectivity index (χ0) is 14.5. The minimum Gasteiger partial charge on any atom is -0.462 e. The maximum absolute atomic E-state index is 11.7. The highest BCUT2D eigenvalue weighted by Crippen LogP contribution is 2.36. The van der Waals surface area contributed by atoms with Crippen LogP contribution in [0.1, 0.15) is 29.8 Å². The van der Waals surface area contributed by atoms with Crippen LogP contribution in [-0.2, 0) is 20.4 Å². The maximum Gasteiger partial charge on any atom is 0.469 e. The average Bonchev–Trinajstić information content (AvgIpc) is 2.33. The third-order valence-electron chi connectivity index (χ3n) is 2.11. The van der Waals surface area contributed by atoms with E-state index in [4.69, 9.17) is 14.5 Å². The Kier molecular flexibility index (Phi) is 5.69. The summed E-state index contributed by atoms with van der Waals surface area (Å²) < 4.78 is 20.0. The largest absolute Gasteiger partial charge is 0.469 e. The van der Waals surface area contributed by atoms with Gasteiger partial charge in [-0.15, -0.1) is 0 Å². The van der Waals surface area contributed by atoms with Gasteiger partial charge in [0, 0.05) is 0 Å². The van der Waals surface area contributed by atoms with Crippen molar-refractivity contribution in [3.63, 3.8) is 0 Å². The summed E-state index contributed by atoms with van der Waals surface area (Å²) in [4.78, 5) is 28.9. The third kappa shape index (κ3) is 6.50. The SMILES string of the molecule is CC(C)COC(=O)c1cccc(COP(=O)(O)O)c1. The van der Waals surface area contributed by atoms with Crippen molar-refractivity contribution in [3.05, 3.63) is 35.4 Å². The van der Waals surface area contributed by atoms with E-state index in [2.05, 4.69) is 4.52 Å².